The normalized spacial score (nSPS) is 15.2. The Hall–Kier alpha value is 0. The number of hydrogen-bond donors (Lipinski definition) is 0. The summed E-state index contributed by atoms with van der Waals surface area (Å²) in [5, 5.41) is 0. The first kappa shape index (κ1) is 12.0. The maximum absolute atomic E-state index is 2.48. The summed E-state index contributed by atoms with van der Waals surface area (Å²) in [6, 6.07) is 0. The largest absolute Gasteiger partial charge is 0.0649 e. The van der Waals surface area contributed by atoms with Gasteiger partial charge in [-0.2, -0.15) is 0 Å². The molecule has 0 saturated carbocycles. The first-order valence-electron chi connectivity index (χ1n) is 5.23. The number of hydrogen-bond acceptors (Lipinski definition) is 0. The molecule has 0 rings (SSSR count). The third-order valence-electron chi connectivity index (χ3n) is 3.09. The van der Waals surface area contributed by atoms with Crippen LogP contribution in [0.1, 0.15) is 54.4 Å². The monoisotopic (exact) mass is 169 g/mol. The Labute approximate surface area is 78.8 Å². The molecule has 0 aliphatic carbocycles. The molecule has 0 amide bonds. The van der Waals surface area contributed by atoms with Gasteiger partial charge >= 0.3 is 0 Å². The highest BCUT2D eigenvalue weighted by Gasteiger charge is 2.17. The van der Waals surface area contributed by atoms with Gasteiger partial charge in [-0.15, -0.1) is 0 Å². The summed E-state index contributed by atoms with van der Waals surface area (Å²) in [6.45, 7) is 13.8. The molecule has 0 heteroatoms. The van der Waals surface area contributed by atoms with E-state index in [-0.39, 0.29) is 0 Å². The first-order valence-corrected chi connectivity index (χ1v) is 5.23. The van der Waals surface area contributed by atoms with Gasteiger partial charge in [0, 0.05) is 0 Å². The minimum Gasteiger partial charge on any atom is -0.0649 e. The molecule has 0 aromatic carbocycles. The third kappa shape index (κ3) is 4.79. The lowest BCUT2D eigenvalue weighted by molar-refractivity contribution is 0.344. The van der Waals surface area contributed by atoms with Crippen molar-refractivity contribution in [3.8, 4) is 0 Å². The van der Waals surface area contributed by atoms with Crippen molar-refractivity contribution in [2.24, 2.45) is 17.3 Å². The fraction of sp³-hybridized carbons (Fsp3) is 0.917. The van der Waals surface area contributed by atoms with Crippen LogP contribution >= 0.6 is 0 Å². The molecule has 0 fully saturated rings. The summed E-state index contributed by atoms with van der Waals surface area (Å²) in [6.07, 6.45) is 4.99. The van der Waals surface area contributed by atoms with Crippen molar-refractivity contribution in [2.45, 2.75) is 54.4 Å². The Bertz CT molecular complexity index is 111. The van der Waals surface area contributed by atoms with Crippen molar-refractivity contribution in [3.63, 3.8) is 0 Å². The van der Waals surface area contributed by atoms with E-state index in [2.05, 4.69) is 48.0 Å². The molecule has 0 nitrogen and oxygen atoms in total. The third-order valence-corrected chi connectivity index (χ3v) is 3.09. The standard InChI is InChI=1S/C12H25/c1-7-12(5,6)9-8-11(4)10(2)3/h9-11H,7-8H2,1-6H3. The zero-order valence-electron chi connectivity index (χ0n) is 9.65. The van der Waals surface area contributed by atoms with Gasteiger partial charge in [-0.3, -0.25) is 0 Å². The topological polar surface area (TPSA) is 0 Å². The van der Waals surface area contributed by atoms with Gasteiger partial charge in [0.2, 0.25) is 0 Å². The Morgan fingerprint density at radius 1 is 1.17 bits per heavy atom. The second-order valence-electron chi connectivity index (χ2n) is 5.00. The number of rotatable bonds is 5. The predicted molar refractivity (Wildman–Crippen MR) is 57.0 cm³/mol. The van der Waals surface area contributed by atoms with Crippen LogP contribution in [0.15, 0.2) is 0 Å². The molecular weight excluding hydrogens is 144 g/mol. The maximum Gasteiger partial charge on any atom is -0.0326 e. The molecular formula is C12H25. The smallest absolute Gasteiger partial charge is 0.0326 e. The van der Waals surface area contributed by atoms with Crippen LogP contribution in [-0.2, 0) is 0 Å². The van der Waals surface area contributed by atoms with Crippen molar-refractivity contribution in [1.82, 2.24) is 0 Å². The van der Waals surface area contributed by atoms with Gasteiger partial charge in [-0.1, -0.05) is 48.0 Å². The van der Waals surface area contributed by atoms with E-state index in [1.54, 1.807) is 0 Å². The van der Waals surface area contributed by atoms with Gasteiger partial charge in [0.05, 0.1) is 0 Å². The van der Waals surface area contributed by atoms with E-state index >= 15 is 0 Å². The van der Waals surface area contributed by atoms with E-state index in [1.165, 1.54) is 12.8 Å². The Morgan fingerprint density at radius 3 is 2.00 bits per heavy atom. The van der Waals surface area contributed by atoms with E-state index in [0.29, 0.717) is 5.41 Å². The summed E-state index contributed by atoms with van der Waals surface area (Å²) in [4.78, 5) is 0. The Kier molecular flexibility index (Phi) is 4.89. The summed E-state index contributed by atoms with van der Waals surface area (Å²) < 4.78 is 0. The molecule has 0 bridgehead atoms. The molecule has 73 valence electrons. The lowest BCUT2D eigenvalue weighted by Gasteiger charge is -2.25. The van der Waals surface area contributed by atoms with Crippen LogP contribution in [0.5, 0.6) is 0 Å². The highest BCUT2D eigenvalue weighted by molar-refractivity contribution is 4.85. The van der Waals surface area contributed by atoms with Gasteiger partial charge in [0.1, 0.15) is 0 Å². The molecule has 0 spiro atoms. The minimum atomic E-state index is 0.434. The molecule has 1 radical (unpaired) electrons. The molecule has 12 heavy (non-hydrogen) atoms. The van der Waals surface area contributed by atoms with Crippen LogP contribution in [0, 0.1) is 23.7 Å². The fourth-order valence-electron chi connectivity index (χ4n) is 0.921. The lowest BCUT2D eigenvalue weighted by Crippen LogP contribution is -2.14. The van der Waals surface area contributed by atoms with Crippen molar-refractivity contribution in [2.75, 3.05) is 0 Å². The van der Waals surface area contributed by atoms with Crippen LogP contribution in [0.3, 0.4) is 0 Å². The van der Waals surface area contributed by atoms with Gasteiger partial charge in [-0.25, -0.2) is 0 Å². The predicted octanol–water partition coefficient (Wildman–Crippen LogP) is 4.31. The Morgan fingerprint density at radius 2 is 1.67 bits per heavy atom. The van der Waals surface area contributed by atoms with Crippen molar-refractivity contribution >= 4 is 0 Å². The molecule has 0 aromatic rings. The second kappa shape index (κ2) is 4.89. The second-order valence-corrected chi connectivity index (χ2v) is 5.00. The molecule has 0 aliphatic rings. The van der Waals surface area contributed by atoms with Crippen molar-refractivity contribution in [3.05, 3.63) is 6.42 Å². The quantitative estimate of drug-likeness (QED) is 0.575. The highest BCUT2D eigenvalue weighted by Crippen LogP contribution is 2.28. The zero-order valence-corrected chi connectivity index (χ0v) is 9.65. The lowest BCUT2D eigenvalue weighted by atomic mass is 9.81. The molecule has 0 heterocycles. The minimum absolute atomic E-state index is 0.434. The van der Waals surface area contributed by atoms with Crippen LogP contribution < -0.4 is 0 Å². The van der Waals surface area contributed by atoms with Crippen LogP contribution in [-0.4, -0.2) is 0 Å². The van der Waals surface area contributed by atoms with Crippen molar-refractivity contribution < 1.29 is 0 Å². The van der Waals surface area contributed by atoms with Gasteiger partial charge in [0.15, 0.2) is 0 Å². The van der Waals surface area contributed by atoms with Gasteiger partial charge in [-0.05, 0) is 30.1 Å². The van der Waals surface area contributed by atoms with Gasteiger partial charge < -0.3 is 0 Å². The average Bonchev–Trinajstić information content (AvgIpc) is 2.00. The van der Waals surface area contributed by atoms with Gasteiger partial charge in [0.25, 0.3) is 0 Å². The molecule has 1 atom stereocenters. The van der Waals surface area contributed by atoms with E-state index < -0.39 is 0 Å². The van der Waals surface area contributed by atoms with Crippen LogP contribution in [0.2, 0.25) is 0 Å². The SMILES string of the molecule is CCC(C)(C)[CH]CC(C)C(C)C. The Balaban J connectivity index is 3.67. The maximum atomic E-state index is 2.48. The molecule has 0 saturated heterocycles. The van der Waals surface area contributed by atoms with E-state index in [4.69, 9.17) is 0 Å². The molecule has 0 N–H and O–H groups in total. The zero-order chi connectivity index (χ0) is 9.78. The van der Waals surface area contributed by atoms with E-state index in [9.17, 15) is 0 Å². The summed E-state index contributed by atoms with van der Waals surface area (Å²) in [7, 11) is 0. The molecule has 0 aliphatic heterocycles. The van der Waals surface area contributed by atoms with Crippen LogP contribution in [0.4, 0.5) is 0 Å². The first-order chi connectivity index (χ1) is 5.39. The summed E-state index contributed by atoms with van der Waals surface area (Å²) in [5.74, 6) is 1.64. The average molecular weight is 169 g/mol. The summed E-state index contributed by atoms with van der Waals surface area (Å²) in [5.41, 5.74) is 0.434. The van der Waals surface area contributed by atoms with Crippen molar-refractivity contribution in [1.29, 1.82) is 0 Å². The molecule has 1 unspecified atom stereocenters. The summed E-state index contributed by atoms with van der Waals surface area (Å²) >= 11 is 0. The van der Waals surface area contributed by atoms with E-state index in [1.807, 2.05) is 0 Å². The highest BCUT2D eigenvalue weighted by atomic mass is 14.2. The molecule has 0 aromatic heterocycles. The fourth-order valence-corrected chi connectivity index (χ4v) is 0.921. The van der Waals surface area contributed by atoms with E-state index in [0.717, 1.165) is 11.8 Å². The van der Waals surface area contributed by atoms with Crippen LogP contribution in [0.25, 0.3) is 0 Å².